The van der Waals surface area contributed by atoms with Crippen molar-refractivity contribution in [1.29, 1.82) is 0 Å². The summed E-state index contributed by atoms with van der Waals surface area (Å²) in [4.78, 5) is 26.2. The van der Waals surface area contributed by atoms with Gasteiger partial charge in [0, 0.05) is 33.4 Å². The van der Waals surface area contributed by atoms with Gasteiger partial charge < -0.3 is 9.64 Å². The number of nitrogens with one attached hydrogen (secondary N) is 1. The summed E-state index contributed by atoms with van der Waals surface area (Å²) in [6.45, 7) is 2.49. The maximum absolute atomic E-state index is 12.5. The van der Waals surface area contributed by atoms with Gasteiger partial charge in [-0.05, 0) is 24.0 Å². The van der Waals surface area contributed by atoms with Crippen molar-refractivity contribution in [2.45, 2.75) is 31.1 Å². The zero-order valence-electron chi connectivity index (χ0n) is 14.2. The van der Waals surface area contributed by atoms with Gasteiger partial charge in [0.2, 0.25) is 5.91 Å². The van der Waals surface area contributed by atoms with Crippen LogP contribution in [-0.2, 0) is 29.0 Å². The number of H-pyrrole nitrogens is 1. The number of ether oxygens (including phenoxy) is 1. The largest absolute Gasteiger partial charge is 0.385 e. The molecule has 0 radical (unpaired) electrons. The predicted octanol–water partition coefficient (Wildman–Crippen LogP) is 1.28. The van der Waals surface area contributed by atoms with Crippen molar-refractivity contribution in [2.24, 2.45) is 0 Å². The van der Waals surface area contributed by atoms with E-state index in [4.69, 9.17) is 4.74 Å². The number of hydrogen-bond donors (Lipinski definition) is 1. The summed E-state index contributed by atoms with van der Waals surface area (Å²) in [6, 6.07) is 8.23. The molecule has 3 rings (SSSR count). The summed E-state index contributed by atoms with van der Waals surface area (Å²) in [5.74, 6) is 0.342. The lowest BCUT2D eigenvalue weighted by atomic mass is 10.00. The molecule has 0 spiro atoms. The minimum absolute atomic E-state index is 0.0680. The standard InChI is InChI=1S/C17H22N4O3S/c1-24-10-4-8-21-16(23)18-19-17(21)25-12-15(22)20-9-7-13-5-2-3-6-14(13)11-20/h2-3,5-6H,4,7-12H2,1H3,(H,18,23). The maximum atomic E-state index is 12.5. The number of thioether (sulfide) groups is 1. The summed E-state index contributed by atoms with van der Waals surface area (Å²) >= 11 is 1.30. The number of nitrogens with zero attached hydrogens (tertiary/aromatic N) is 3. The molecule has 0 saturated heterocycles. The van der Waals surface area contributed by atoms with Gasteiger partial charge in [-0.15, -0.1) is 5.10 Å². The van der Waals surface area contributed by atoms with Gasteiger partial charge in [0.25, 0.3) is 0 Å². The Hall–Kier alpha value is -2.06. The number of aromatic nitrogens is 3. The molecule has 1 aromatic carbocycles. The van der Waals surface area contributed by atoms with E-state index in [0.717, 1.165) is 19.4 Å². The number of carbonyl (C=O) groups excluding carboxylic acids is 1. The van der Waals surface area contributed by atoms with Crippen LogP contribution in [-0.4, -0.2) is 51.6 Å². The molecule has 25 heavy (non-hydrogen) atoms. The summed E-state index contributed by atoms with van der Waals surface area (Å²) < 4.78 is 6.57. The highest BCUT2D eigenvalue weighted by molar-refractivity contribution is 7.99. The van der Waals surface area contributed by atoms with E-state index in [-0.39, 0.29) is 17.3 Å². The number of methoxy groups -OCH3 is 1. The van der Waals surface area contributed by atoms with Crippen molar-refractivity contribution in [2.75, 3.05) is 26.0 Å². The lowest BCUT2D eigenvalue weighted by Gasteiger charge is -2.28. The number of aromatic amines is 1. The average Bonchev–Trinajstić information content (AvgIpc) is 2.99. The zero-order valence-corrected chi connectivity index (χ0v) is 15.1. The van der Waals surface area contributed by atoms with Crippen LogP contribution in [0, 0.1) is 0 Å². The Kier molecular flexibility index (Phi) is 5.93. The summed E-state index contributed by atoms with van der Waals surface area (Å²) in [5.41, 5.74) is 2.28. The van der Waals surface area contributed by atoms with Gasteiger partial charge in [-0.25, -0.2) is 9.89 Å². The Labute approximate surface area is 150 Å². The molecule has 1 amide bonds. The van der Waals surface area contributed by atoms with Crippen molar-refractivity contribution < 1.29 is 9.53 Å². The monoisotopic (exact) mass is 362 g/mol. The van der Waals surface area contributed by atoms with Crippen LogP contribution in [0.5, 0.6) is 0 Å². The van der Waals surface area contributed by atoms with Crippen molar-refractivity contribution in [3.63, 3.8) is 0 Å². The van der Waals surface area contributed by atoms with E-state index in [9.17, 15) is 9.59 Å². The Bertz CT molecular complexity index is 786. The normalized spacial score (nSPS) is 13.7. The van der Waals surface area contributed by atoms with E-state index in [2.05, 4.69) is 22.3 Å². The first-order valence-electron chi connectivity index (χ1n) is 8.30. The third-order valence-corrected chi connectivity index (χ3v) is 5.22. The minimum atomic E-state index is -0.252. The van der Waals surface area contributed by atoms with E-state index in [1.54, 1.807) is 11.7 Å². The van der Waals surface area contributed by atoms with E-state index in [1.807, 2.05) is 17.0 Å². The van der Waals surface area contributed by atoms with Gasteiger partial charge in [0.15, 0.2) is 5.16 Å². The Morgan fingerprint density at radius 2 is 2.16 bits per heavy atom. The van der Waals surface area contributed by atoms with E-state index >= 15 is 0 Å². The molecule has 7 nitrogen and oxygen atoms in total. The molecule has 1 aromatic heterocycles. The van der Waals surface area contributed by atoms with E-state index in [1.165, 1.54) is 22.9 Å². The molecule has 1 N–H and O–H groups in total. The number of carbonyl (C=O) groups is 1. The second-order valence-electron chi connectivity index (χ2n) is 5.93. The lowest BCUT2D eigenvalue weighted by Crippen LogP contribution is -2.37. The summed E-state index contributed by atoms with van der Waals surface area (Å²) in [6.07, 6.45) is 1.61. The van der Waals surface area contributed by atoms with Gasteiger partial charge >= 0.3 is 5.69 Å². The number of hydrogen-bond acceptors (Lipinski definition) is 5. The molecule has 8 heteroatoms. The van der Waals surface area contributed by atoms with Gasteiger partial charge in [0.05, 0.1) is 5.75 Å². The first kappa shape index (κ1) is 17.8. The lowest BCUT2D eigenvalue weighted by molar-refractivity contribution is -0.129. The van der Waals surface area contributed by atoms with E-state index < -0.39 is 0 Å². The number of fused-ring (bicyclic) bond motifs is 1. The van der Waals surface area contributed by atoms with Crippen LogP contribution in [0.15, 0.2) is 34.2 Å². The average molecular weight is 362 g/mol. The van der Waals surface area contributed by atoms with Crippen molar-refractivity contribution in [3.8, 4) is 0 Å². The molecule has 0 atom stereocenters. The number of amides is 1. The molecule has 2 heterocycles. The van der Waals surface area contributed by atoms with Crippen molar-refractivity contribution in [3.05, 3.63) is 45.9 Å². The van der Waals surface area contributed by atoms with Crippen LogP contribution < -0.4 is 5.69 Å². The SMILES string of the molecule is COCCCn1c(SCC(=O)N2CCc3ccccc3C2)n[nH]c1=O. The molecule has 134 valence electrons. The Balaban J connectivity index is 1.57. The molecule has 1 aliphatic heterocycles. The summed E-state index contributed by atoms with van der Waals surface area (Å²) in [5, 5.41) is 7.02. The molecule has 0 aliphatic carbocycles. The molecule has 2 aromatic rings. The Morgan fingerprint density at radius 1 is 1.36 bits per heavy atom. The van der Waals surface area contributed by atoms with Crippen molar-refractivity contribution in [1.82, 2.24) is 19.7 Å². The third kappa shape index (κ3) is 4.32. The highest BCUT2D eigenvalue weighted by Crippen LogP contribution is 2.20. The van der Waals surface area contributed by atoms with Crippen molar-refractivity contribution >= 4 is 17.7 Å². The highest BCUT2D eigenvalue weighted by Gasteiger charge is 2.21. The van der Waals surface area contributed by atoms with Crippen LogP contribution in [0.25, 0.3) is 0 Å². The van der Waals surface area contributed by atoms with Crippen LogP contribution in [0.2, 0.25) is 0 Å². The molecule has 0 bridgehead atoms. The molecular formula is C17H22N4O3S. The molecule has 0 saturated carbocycles. The zero-order chi connectivity index (χ0) is 17.6. The Morgan fingerprint density at radius 3 is 2.96 bits per heavy atom. The third-order valence-electron chi connectivity index (χ3n) is 4.26. The quantitative estimate of drug-likeness (QED) is 0.593. The predicted molar refractivity (Wildman–Crippen MR) is 95.6 cm³/mol. The second-order valence-corrected chi connectivity index (χ2v) is 6.87. The number of benzene rings is 1. The molecule has 0 fully saturated rings. The number of rotatable bonds is 7. The van der Waals surface area contributed by atoms with Gasteiger partial charge in [-0.1, -0.05) is 36.0 Å². The first-order chi connectivity index (χ1) is 12.2. The van der Waals surface area contributed by atoms with Crippen LogP contribution in [0.4, 0.5) is 0 Å². The topological polar surface area (TPSA) is 80.2 Å². The fraction of sp³-hybridized carbons (Fsp3) is 0.471. The van der Waals surface area contributed by atoms with Gasteiger partial charge in [0.1, 0.15) is 0 Å². The highest BCUT2D eigenvalue weighted by atomic mass is 32.2. The molecular weight excluding hydrogens is 340 g/mol. The fourth-order valence-corrected chi connectivity index (χ4v) is 3.78. The van der Waals surface area contributed by atoms with Gasteiger partial charge in [-0.3, -0.25) is 9.36 Å². The van der Waals surface area contributed by atoms with Crippen LogP contribution in [0.1, 0.15) is 17.5 Å². The van der Waals surface area contributed by atoms with E-state index in [0.29, 0.717) is 24.9 Å². The molecule has 0 unspecified atom stereocenters. The summed E-state index contributed by atoms with van der Waals surface area (Å²) in [7, 11) is 1.63. The first-order valence-corrected chi connectivity index (χ1v) is 9.29. The van der Waals surface area contributed by atoms with Gasteiger partial charge in [-0.2, -0.15) is 0 Å². The smallest absolute Gasteiger partial charge is 0.343 e. The molecule has 1 aliphatic rings. The maximum Gasteiger partial charge on any atom is 0.343 e. The fourth-order valence-electron chi connectivity index (χ4n) is 2.90. The van der Waals surface area contributed by atoms with Crippen LogP contribution in [0.3, 0.4) is 0 Å². The van der Waals surface area contributed by atoms with Crippen LogP contribution >= 0.6 is 11.8 Å². The second kappa shape index (κ2) is 8.35. The minimum Gasteiger partial charge on any atom is -0.385 e.